The number of nitrogens with one attached hydrogen (secondary N) is 1. The highest BCUT2D eigenvalue weighted by Crippen LogP contribution is 2.12. The van der Waals surface area contributed by atoms with Crippen LogP contribution in [0.5, 0.6) is 0 Å². The summed E-state index contributed by atoms with van der Waals surface area (Å²) in [5.41, 5.74) is 3.95. The average molecular weight is 283 g/mol. The zero-order chi connectivity index (χ0) is 15.1. The summed E-state index contributed by atoms with van der Waals surface area (Å²) in [6.07, 6.45) is 6.66. The fourth-order valence-electron chi connectivity index (χ4n) is 2.22. The molecule has 0 bridgehead atoms. The minimum atomic E-state index is -0.0907. The van der Waals surface area contributed by atoms with Crippen LogP contribution in [0, 0.1) is 13.8 Å². The van der Waals surface area contributed by atoms with Crippen molar-refractivity contribution in [3.63, 3.8) is 0 Å². The van der Waals surface area contributed by atoms with Crippen LogP contribution < -0.4 is 5.32 Å². The molecule has 2 rings (SSSR count). The lowest BCUT2D eigenvalue weighted by atomic mass is 10.0. The smallest absolute Gasteiger partial charge is 0.244 e. The Morgan fingerprint density at radius 1 is 1.29 bits per heavy atom. The average Bonchev–Trinajstić information content (AvgIpc) is 2.96. The van der Waals surface area contributed by atoms with Crippen LogP contribution >= 0.6 is 0 Å². The molecule has 0 aliphatic rings. The third-order valence-corrected chi connectivity index (χ3v) is 3.36. The van der Waals surface area contributed by atoms with Crippen LogP contribution in [0.15, 0.2) is 47.1 Å². The zero-order valence-corrected chi connectivity index (χ0v) is 12.6. The molecule has 0 aliphatic heterocycles. The van der Waals surface area contributed by atoms with Crippen molar-refractivity contribution in [2.24, 2.45) is 0 Å². The first-order valence-corrected chi connectivity index (χ1v) is 7.21. The van der Waals surface area contributed by atoms with Crippen LogP contribution in [0.25, 0.3) is 6.08 Å². The van der Waals surface area contributed by atoms with Crippen molar-refractivity contribution >= 4 is 12.0 Å². The second kappa shape index (κ2) is 7.48. The first kappa shape index (κ1) is 15.1. The van der Waals surface area contributed by atoms with Crippen molar-refractivity contribution in [1.29, 1.82) is 0 Å². The fourth-order valence-corrected chi connectivity index (χ4v) is 2.22. The van der Waals surface area contributed by atoms with Gasteiger partial charge in [-0.25, -0.2) is 0 Å². The van der Waals surface area contributed by atoms with Crippen molar-refractivity contribution in [2.75, 3.05) is 6.54 Å². The van der Waals surface area contributed by atoms with Crippen molar-refractivity contribution in [2.45, 2.75) is 26.7 Å². The number of carbonyl (C=O) groups excluding carboxylic acids is 1. The maximum Gasteiger partial charge on any atom is 0.244 e. The molecule has 3 heteroatoms. The number of amides is 1. The van der Waals surface area contributed by atoms with E-state index in [2.05, 4.69) is 37.4 Å². The Morgan fingerprint density at radius 3 is 2.86 bits per heavy atom. The summed E-state index contributed by atoms with van der Waals surface area (Å²) in [7, 11) is 0. The highest BCUT2D eigenvalue weighted by molar-refractivity contribution is 5.91. The number of hydrogen-bond acceptors (Lipinski definition) is 2. The van der Waals surface area contributed by atoms with Gasteiger partial charge in [0.15, 0.2) is 0 Å². The Labute approximate surface area is 125 Å². The van der Waals surface area contributed by atoms with Gasteiger partial charge in [0.2, 0.25) is 5.91 Å². The third-order valence-electron chi connectivity index (χ3n) is 3.36. The van der Waals surface area contributed by atoms with Gasteiger partial charge in [0.1, 0.15) is 5.76 Å². The van der Waals surface area contributed by atoms with Gasteiger partial charge in [-0.15, -0.1) is 0 Å². The van der Waals surface area contributed by atoms with Crippen molar-refractivity contribution in [3.8, 4) is 0 Å². The topological polar surface area (TPSA) is 42.2 Å². The molecule has 2 aromatic rings. The normalized spacial score (nSPS) is 11.0. The Morgan fingerprint density at radius 2 is 2.14 bits per heavy atom. The Hall–Kier alpha value is -2.29. The van der Waals surface area contributed by atoms with Crippen molar-refractivity contribution < 1.29 is 9.21 Å². The molecule has 0 fully saturated rings. The van der Waals surface area contributed by atoms with E-state index in [4.69, 9.17) is 4.42 Å². The van der Waals surface area contributed by atoms with Crippen molar-refractivity contribution in [1.82, 2.24) is 5.32 Å². The largest absolute Gasteiger partial charge is 0.465 e. The number of furan rings is 1. The van der Waals surface area contributed by atoms with Gasteiger partial charge in [-0.3, -0.25) is 4.79 Å². The number of rotatable bonds is 6. The van der Waals surface area contributed by atoms with E-state index in [0.29, 0.717) is 12.3 Å². The summed E-state index contributed by atoms with van der Waals surface area (Å²) in [6, 6.07) is 10.1. The van der Waals surface area contributed by atoms with Crippen LogP contribution in [-0.4, -0.2) is 12.5 Å². The minimum Gasteiger partial charge on any atom is -0.465 e. The van der Waals surface area contributed by atoms with Gasteiger partial charge >= 0.3 is 0 Å². The highest BCUT2D eigenvalue weighted by Gasteiger charge is 2.00. The third kappa shape index (κ3) is 4.95. The van der Waals surface area contributed by atoms with E-state index in [9.17, 15) is 4.79 Å². The second-order valence-electron chi connectivity index (χ2n) is 5.17. The molecule has 0 radical (unpaired) electrons. The number of aryl methyl sites for hydroxylation is 3. The molecule has 0 saturated carbocycles. The van der Waals surface area contributed by atoms with Crippen LogP contribution in [0.4, 0.5) is 0 Å². The van der Waals surface area contributed by atoms with E-state index >= 15 is 0 Å². The summed E-state index contributed by atoms with van der Waals surface area (Å²) in [6.45, 7) is 4.91. The van der Waals surface area contributed by atoms with E-state index < -0.39 is 0 Å². The Balaban J connectivity index is 1.70. The summed E-state index contributed by atoms with van der Waals surface area (Å²) in [5, 5.41) is 2.88. The van der Waals surface area contributed by atoms with Gasteiger partial charge in [-0.05, 0) is 56.0 Å². The maximum atomic E-state index is 11.6. The molecule has 1 N–H and O–H groups in total. The number of hydrogen-bond donors (Lipinski definition) is 1. The molecule has 21 heavy (non-hydrogen) atoms. The van der Waals surface area contributed by atoms with Gasteiger partial charge in [0, 0.05) is 12.6 Å². The molecular weight excluding hydrogens is 262 g/mol. The molecule has 1 aromatic carbocycles. The SMILES string of the molecule is Cc1ccc(CCCNC(=O)C=Cc2ccco2)c(C)c1. The lowest BCUT2D eigenvalue weighted by Crippen LogP contribution is -2.22. The lowest BCUT2D eigenvalue weighted by Gasteiger charge is -2.07. The predicted octanol–water partition coefficient (Wildman–Crippen LogP) is 3.66. The van der Waals surface area contributed by atoms with Gasteiger partial charge in [0.05, 0.1) is 6.26 Å². The molecule has 110 valence electrons. The minimum absolute atomic E-state index is 0.0907. The number of benzene rings is 1. The fraction of sp³-hybridized carbons (Fsp3) is 0.278. The Kier molecular flexibility index (Phi) is 5.38. The molecular formula is C18H21NO2. The summed E-state index contributed by atoms with van der Waals surface area (Å²) >= 11 is 0. The maximum absolute atomic E-state index is 11.6. The molecule has 0 atom stereocenters. The van der Waals surface area contributed by atoms with E-state index in [-0.39, 0.29) is 5.91 Å². The molecule has 0 spiro atoms. The standard InChI is InChI=1S/C18H21NO2/c1-14-7-8-16(15(2)13-14)5-3-11-19-18(20)10-9-17-6-4-12-21-17/h4,6-10,12-13H,3,5,11H2,1-2H3,(H,19,20). The van der Waals surface area contributed by atoms with E-state index in [0.717, 1.165) is 12.8 Å². The number of carbonyl (C=O) groups is 1. The highest BCUT2D eigenvalue weighted by atomic mass is 16.3. The van der Waals surface area contributed by atoms with E-state index in [1.807, 2.05) is 6.07 Å². The molecule has 0 unspecified atom stereocenters. The van der Waals surface area contributed by atoms with E-state index in [1.54, 1.807) is 18.4 Å². The summed E-state index contributed by atoms with van der Waals surface area (Å²) in [4.78, 5) is 11.6. The first-order chi connectivity index (χ1) is 10.1. The predicted molar refractivity (Wildman–Crippen MR) is 85.0 cm³/mol. The first-order valence-electron chi connectivity index (χ1n) is 7.21. The van der Waals surface area contributed by atoms with Crippen LogP contribution in [0.3, 0.4) is 0 Å². The van der Waals surface area contributed by atoms with Gasteiger partial charge in [-0.2, -0.15) is 0 Å². The van der Waals surface area contributed by atoms with Crippen molar-refractivity contribution in [3.05, 3.63) is 65.1 Å². The molecule has 1 heterocycles. The lowest BCUT2D eigenvalue weighted by molar-refractivity contribution is -0.116. The molecule has 0 aliphatic carbocycles. The summed E-state index contributed by atoms with van der Waals surface area (Å²) < 4.78 is 5.12. The van der Waals surface area contributed by atoms with Crippen LogP contribution in [0.1, 0.15) is 28.9 Å². The van der Waals surface area contributed by atoms with Gasteiger partial charge in [-0.1, -0.05) is 23.8 Å². The van der Waals surface area contributed by atoms with Gasteiger partial charge < -0.3 is 9.73 Å². The molecule has 0 saturated heterocycles. The monoisotopic (exact) mass is 283 g/mol. The summed E-state index contributed by atoms with van der Waals surface area (Å²) in [5.74, 6) is 0.590. The van der Waals surface area contributed by atoms with Crippen LogP contribution in [-0.2, 0) is 11.2 Å². The zero-order valence-electron chi connectivity index (χ0n) is 12.6. The molecule has 1 amide bonds. The Bertz CT molecular complexity index is 612. The van der Waals surface area contributed by atoms with Gasteiger partial charge in [0.25, 0.3) is 0 Å². The molecule has 3 nitrogen and oxygen atoms in total. The second-order valence-corrected chi connectivity index (χ2v) is 5.17. The van der Waals surface area contributed by atoms with Crippen LogP contribution in [0.2, 0.25) is 0 Å². The van der Waals surface area contributed by atoms with E-state index in [1.165, 1.54) is 22.8 Å². The quantitative estimate of drug-likeness (QED) is 0.649. The molecule has 1 aromatic heterocycles.